The van der Waals surface area contributed by atoms with Crippen molar-refractivity contribution < 1.29 is 4.39 Å². The Hall–Kier alpha value is -2.74. The maximum absolute atomic E-state index is 14.8. The molecule has 1 spiro atoms. The molecule has 2 aliphatic rings. The summed E-state index contributed by atoms with van der Waals surface area (Å²) >= 11 is 0. The third-order valence-corrected chi connectivity index (χ3v) is 7.34. The van der Waals surface area contributed by atoms with Crippen molar-refractivity contribution in [1.29, 1.82) is 0 Å². The molecule has 176 valence electrons. The second-order valence-corrected chi connectivity index (χ2v) is 9.90. The average molecular weight is 452 g/mol. The van der Waals surface area contributed by atoms with Crippen molar-refractivity contribution >= 4 is 17.5 Å². The number of rotatable bonds is 1. The highest BCUT2D eigenvalue weighted by Gasteiger charge is 2.32. The van der Waals surface area contributed by atoms with Crippen LogP contribution in [0.15, 0.2) is 24.4 Å². The standard InChI is InChI=1S/C25H34FN7/c1-17(2)20-15-30-33-22(20)31-23-29-16-25(10-12-27-13-11-25)9-4-3-7-19-18(6-5-8-21(19)26)14-28-24(33)32-23/h5-6,8,15,17,27H,3-4,7,9-14,16H2,1-2H3,(H2,28,29,31,32). The molecular formula is C25H34FN7. The van der Waals surface area contributed by atoms with Gasteiger partial charge in [-0.25, -0.2) is 4.39 Å². The summed E-state index contributed by atoms with van der Waals surface area (Å²) in [6.45, 7) is 7.70. The smallest absolute Gasteiger partial charge is 0.229 e. The van der Waals surface area contributed by atoms with Gasteiger partial charge in [0.1, 0.15) is 5.82 Å². The Morgan fingerprint density at radius 1 is 1.06 bits per heavy atom. The van der Waals surface area contributed by atoms with E-state index >= 15 is 0 Å². The third-order valence-electron chi connectivity index (χ3n) is 7.34. The Morgan fingerprint density at radius 2 is 1.91 bits per heavy atom. The van der Waals surface area contributed by atoms with E-state index in [0.29, 0.717) is 24.4 Å². The first kappa shape index (κ1) is 22.1. The van der Waals surface area contributed by atoms with Gasteiger partial charge in [-0.05, 0) is 73.7 Å². The molecule has 0 radical (unpaired) electrons. The summed E-state index contributed by atoms with van der Waals surface area (Å²) in [5.74, 6) is 1.44. The van der Waals surface area contributed by atoms with Gasteiger partial charge in [0.05, 0.1) is 6.20 Å². The summed E-state index contributed by atoms with van der Waals surface area (Å²) < 4.78 is 16.5. The molecule has 1 aromatic carbocycles. The molecular weight excluding hydrogens is 417 g/mol. The molecule has 0 aliphatic carbocycles. The molecule has 4 heterocycles. The maximum Gasteiger partial charge on any atom is 0.229 e. The van der Waals surface area contributed by atoms with Gasteiger partial charge in [0, 0.05) is 18.7 Å². The lowest BCUT2D eigenvalue weighted by Crippen LogP contribution is -2.41. The van der Waals surface area contributed by atoms with E-state index in [0.717, 1.165) is 80.5 Å². The van der Waals surface area contributed by atoms with Crippen LogP contribution in [-0.4, -0.2) is 39.2 Å². The van der Waals surface area contributed by atoms with E-state index in [-0.39, 0.29) is 11.2 Å². The maximum atomic E-state index is 14.8. The molecule has 2 bridgehead atoms. The van der Waals surface area contributed by atoms with Crippen LogP contribution in [0, 0.1) is 11.2 Å². The van der Waals surface area contributed by atoms with E-state index in [4.69, 9.17) is 9.97 Å². The van der Waals surface area contributed by atoms with E-state index in [1.54, 1.807) is 16.6 Å². The van der Waals surface area contributed by atoms with Crippen LogP contribution in [0.2, 0.25) is 0 Å². The normalized spacial score (nSPS) is 19.0. The van der Waals surface area contributed by atoms with E-state index in [9.17, 15) is 4.39 Å². The van der Waals surface area contributed by atoms with Gasteiger partial charge < -0.3 is 16.0 Å². The first-order valence-corrected chi connectivity index (χ1v) is 12.3. The van der Waals surface area contributed by atoms with Crippen molar-refractivity contribution in [3.8, 4) is 0 Å². The number of nitrogens with zero attached hydrogens (tertiary/aromatic N) is 4. The number of hydrogen-bond acceptors (Lipinski definition) is 6. The van der Waals surface area contributed by atoms with Crippen molar-refractivity contribution in [2.24, 2.45) is 5.41 Å². The largest absolute Gasteiger partial charge is 0.354 e. The first-order valence-electron chi connectivity index (χ1n) is 12.3. The zero-order valence-corrected chi connectivity index (χ0v) is 19.6. The van der Waals surface area contributed by atoms with Crippen molar-refractivity contribution in [3.63, 3.8) is 0 Å². The van der Waals surface area contributed by atoms with Crippen molar-refractivity contribution in [1.82, 2.24) is 24.9 Å². The van der Waals surface area contributed by atoms with Crippen molar-refractivity contribution in [2.45, 2.75) is 64.8 Å². The molecule has 7 nitrogen and oxygen atoms in total. The van der Waals surface area contributed by atoms with Crippen molar-refractivity contribution in [2.75, 3.05) is 30.3 Å². The number of aromatic nitrogens is 4. The SMILES string of the molecule is CC(C)c1cnn2c3nc(nc12)NCC1(CCCCc2c(F)cccc2CN3)CCNCC1. The zero-order chi connectivity index (χ0) is 22.8. The number of anilines is 2. The predicted octanol–water partition coefficient (Wildman–Crippen LogP) is 4.51. The van der Waals surface area contributed by atoms with Gasteiger partial charge >= 0.3 is 0 Å². The van der Waals surface area contributed by atoms with Gasteiger partial charge in [0.2, 0.25) is 11.9 Å². The Labute approximate surface area is 194 Å². The summed E-state index contributed by atoms with van der Waals surface area (Å²) in [6, 6.07) is 5.37. The second-order valence-electron chi connectivity index (χ2n) is 9.90. The molecule has 1 saturated heterocycles. The zero-order valence-electron chi connectivity index (χ0n) is 19.6. The van der Waals surface area contributed by atoms with Crippen molar-refractivity contribution in [3.05, 3.63) is 46.9 Å². The highest BCUT2D eigenvalue weighted by Crippen LogP contribution is 2.35. The lowest BCUT2D eigenvalue weighted by molar-refractivity contribution is 0.194. The molecule has 3 aromatic rings. The fraction of sp³-hybridized carbons (Fsp3) is 0.560. The molecule has 5 rings (SSSR count). The van der Waals surface area contributed by atoms with Crippen LogP contribution in [-0.2, 0) is 13.0 Å². The lowest BCUT2D eigenvalue weighted by atomic mass is 9.74. The van der Waals surface area contributed by atoms with E-state index < -0.39 is 0 Å². The summed E-state index contributed by atoms with van der Waals surface area (Å²) in [5, 5.41) is 15.1. The number of benzene rings is 1. The van der Waals surface area contributed by atoms with Gasteiger partial charge in [-0.15, -0.1) is 0 Å². The van der Waals surface area contributed by atoms with E-state index in [2.05, 4.69) is 34.9 Å². The molecule has 0 atom stereocenters. The topological polar surface area (TPSA) is 79.2 Å². The van der Waals surface area contributed by atoms with Crippen LogP contribution in [0.3, 0.4) is 0 Å². The fourth-order valence-corrected chi connectivity index (χ4v) is 5.26. The third kappa shape index (κ3) is 4.53. The number of halogens is 1. The van der Waals surface area contributed by atoms with Crippen LogP contribution in [0.25, 0.3) is 5.65 Å². The Kier molecular flexibility index (Phi) is 6.19. The van der Waals surface area contributed by atoms with E-state index in [1.807, 2.05) is 12.3 Å². The molecule has 1 fully saturated rings. The molecule has 0 unspecified atom stereocenters. The molecule has 2 aliphatic heterocycles. The molecule has 2 aromatic heterocycles. The van der Waals surface area contributed by atoms with Gasteiger partial charge in [0.15, 0.2) is 5.65 Å². The summed E-state index contributed by atoms with van der Waals surface area (Å²) in [4.78, 5) is 9.65. The Bertz CT molecular complexity index is 1120. The van der Waals surface area contributed by atoms with E-state index in [1.165, 1.54) is 0 Å². The van der Waals surface area contributed by atoms with Gasteiger partial charge in [-0.3, -0.25) is 0 Å². The predicted molar refractivity (Wildman–Crippen MR) is 129 cm³/mol. The minimum absolute atomic E-state index is 0.116. The number of hydrogen-bond donors (Lipinski definition) is 3. The van der Waals surface area contributed by atoms with Crippen LogP contribution in [0.1, 0.15) is 68.6 Å². The highest BCUT2D eigenvalue weighted by molar-refractivity contribution is 5.56. The average Bonchev–Trinajstić information content (AvgIpc) is 3.25. The minimum atomic E-state index is -0.116. The number of fused-ring (bicyclic) bond motifs is 5. The molecule has 33 heavy (non-hydrogen) atoms. The van der Waals surface area contributed by atoms with Crippen LogP contribution in [0.5, 0.6) is 0 Å². The highest BCUT2D eigenvalue weighted by atomic mass is 19.1. The van der Waals surface area contributed by atoms with Gasteiger partial charge in [0.25, 0.3) is 0 Å². The quantitative estimate of drug-likeness (QED) is 0.505. The number of nitrogens with one attached hydrogen (secondary N) is 3. The number of piperidine rings is 1. The fourth-order valence-electron chi connectivity index (χ4n) is 5.26. The van der Waals surface area contributed by atoms with Crippen LogP contribution >= 0.6 is 0 Å². The monoisotopic (exact) mass is 451 g/mol. The van der Waals surface area contributed by atoms with Crippen LogP contribution in [0.4, 0.5) is 16.3 Å². The molecule has 0 saturated carbocycles. The summed E-state index contributed by atoms with van der Waals surface area (Å²) in [7, 11) is 0. The van der Waals surface area contributed by atoms with Crippen LogP contribution < -0.4 is 16.0 Å². The minimum Gasteiger partial charge on any atom is -0.354 e. The first-order chi connectivity index (χ1) is 16.0. The Balaban J connectivity index is 1.56. The van der Waals surface area contributed by atoms with Gasteiger partial charge in [-0.2, -0.15) is 19.6 Å². The summed E-state index contributed by atoms with van der Waals surface area (Å²) in [5.41, 5.74) is 3.90. The lowest BCUT2D eigenvalue weighted by Gasteiger charge is -2.38. The molecule has 3 N–H and O–H groups in total. The second kappa shape index (κ2) is 9.25. The Morgan fingerprint density at radius 3 is 2.73 bits per heavy atom. The molecule has 0 amide bonds. The van der Waals surface area contributed by atoms with Gasteiger partial charge in [-0.1, -0.05) is 32.4 Å². The molecule has 8 heteroatoms. The summed E-state index contributed by atoms with van der Waals surface area (Å²) in [6.07, 6.45) is 8.10.